The lowest BCUT2D eigenvalue weighted by Crippen LogP contribution is -2.22. The van der Waals surface area contributed by atoms with Gasteiger partial charge in [0, 0.05) is 33.8 Å². The van der Waals surface area contributed by atoms with Gasteiger partial charge in [0.25, 0.3) is 0 Å². The number of aromatic nitrogens is 1. The topological polar surface area (TPSA) is 62.2 Å². The van der Waals surface area contributed by atoms with Crippen LogP contribution in [0.2, 0.25) is 5.02 Å². The second-order valence-corrected chi connectivity index (χ2v) is 9.34. The van der Waals surface area contributed by atoms with Crippen LogP contribution >= 0.6 is 11.6 Å². The zero-order valence-electron chi connectivity index (χ0n) is 17.1. The van der Waals surface area contributed by atoms with Crippen LogP contribution in [-0.4, -0.2) is 16.0 Å². The van der Waals surface area contributed by atoms with E-state index in [1.165, 1.54) is 6.07 Å². The molecule has 2 N–H and O–H groups in total. The van der Waals surface area contributed by atoms with Crippen LogP contribution in [0.4, 0.5) is 10.1 Å². The van der Waals surface area contributed by atoms with Crippen molar-refractivity contribution in [3.8, 4) is 0 Å². The third-order valence-electron chi connectivity index (χ3n) is 7.15. The fraction of sp³-hybridized carbons (Fsp3) is 0.360. The van der Waals surface area contributed by atoms with E-state index in [9.17, 15) is 14.3 Å². The minimum Gasteiger partial charge on any atom is -0.392 e. The van der Waals surface area contributed by atoms with E-state index in [0.29, 0.717) is 10.9 Å². The Bertz CT molecular complexity index is 1140. The summed E-state index contributed by atoms with van der Waals surface area (Å²) in [7, 11) is 0. The number of carbonyl (C=O) groups excluding carboxylic acids is 1. The van der Waals surface area contributed by atoms with Crippen LogP contribution in [0.1, 0.15) is 49.1 Å². The molecule has 1 spiro atoms. The minimum absolute atomic E-state index is 0.0582. The largest absolute Gasteiger partial charge is 0.392 e. The number of pyridine rings is 1. The Balaban J connectivity index is 1.27. The lowest BCUT2D eigenvalue weighted by atomic mass is 9.75. The van der Waals surface area contributed by atoms with Crippen LogP contribution in [0.5, 0.6) is 0 Å². The summed E-state index contributed by atoms with van der Waals surface area (Å²) in [6, 6.07) is 12.3. The number of rotatable bonds is 4. The first-order chi connectivity index (χ1) is 15.0. The van der Waals surface area contributed by atoms with Gasteiger partial charge in [-0.25, -0.2) is 4.39 Å². The molecule has 2 aliphatic rings. The van der Waals surface area contributed by atoms with Crippen molar-refractivity contribution in [1.82, 2.24) is 4.98 Å². The molecule has 1 heterocycles. The van der Waals surface area contributed by atoms with Crippen molar-refractivity contribution < 1.29 is 14.3 Å². The number of anilines is 1. The van der Waals surface area contributed by atoms with Gasteiger partial charge in [-0.2, -0.15) is 0 Å². The lowest BCUT2D eigenvalue weighted by molar-refractivity contribution is -0.118. The summed E-state index contributed by atoms with van der Waals surface area (Å²) in [6.45, 7) is -0.334. The molecule has 0 bridgehead atoms. The van der Waals surface area contributed by atoms with E-state index in [1.807, 2.05) is 18.2 Å². The zero-order chi connectivity index (χ0) is 21.6. The van der Waals surface area contributed by atoms with E-state index < -0.39 is 5.82 Å². The summed E-state index contributed by atoms with van der Waals surface area (Å²) in [6.07, 6.45) is 6.65. The van der Waals surface area contributed by atoms with Crippen molar-refractivity contribution in [3.63, 3.8) is 0 Å². The molecule has 0 radical (unpaired) electrons. The molecule has 0 aliphatic heterocycles. The maximum absolute atomic E-state index is 14.3. The summed E-state index contributed by atoms with van der Waals surface area (Å²) in [5, 5.41) is 13.8. The monoisotopic (exact) mass is 438 g/mol. The number of fused-ring (bicyclic) bond motifs is 1. The molecule has 1 aromatic heterocycles. The molecular weight excluding hydrogens is 415 g/mol. The molecule has 2 aliphatic carbocycles. The van der Waals surface area contributed by atoms with Crippen LogP contribution in [-0.2, 0) is 11.4 Å². The van der Waals surface area contributed by atoms with E-state index in [2.05, 4.69) is 10.3 Å². The Morgan fingerprint density at radius 1 is 1.19 bits per heavy atom. The number of amides is 1. The zero-order valence-corrected chi connectivity index (χ0v) is 17.8. The van der Waals surface area contributed by atoms with Gasteiger partial charge in [0.1, 0.15) is 5.82 Å². The maximum atomic E-state index is 14.3. The van der Waals surface area contributed by atoms with Gasteiger partial charge in [0.2, 0.25) is 5.91 Å². The lowest BCUT2D eigenvalue weighted by Gasteiger charge is -2.30. The van der Waals surface area contributed by atoms with Crippen LogP contribution in [0.3, 0.4) is 0 Å². The third-order valence-corrected chi connectivity index (χ3v) is 7.40. The standard InChI is InChI=1S/C25H24ClFN2O2/c26-17-1-3-18(4-2-17)29-24(31)21-13-25(21)8-5-15(6-9-25)19-7-10-28-23-11-16(14-30)22(27)12-20(19)23/h1-4,7,10-12,15,21,30H,5-6,8-9,13-14H2,(H,29,31). The average molecular weight is 439 g/mol. The fourth-order valence-corrected chi connectivity index (χ4v) is 5.37. The predicted octanol–water partition coefficient (Wildman–Crippen LogP) is 5.82. The van der Waals surface area contributed by atoms with Crippen molar-refractivity contribution in [3.05, 3.63) is 70.6 Å². The molecule has 2 aromatic carbocycles. The van der Waals surface area contributed by atoms with Gasteiger partial charge < -0.3 is 10.4 Å². The van der Waals surface area contributed by atoms with Crippen LogP contribution in [0.15, 0.2) is 48.7 Å². The Labute approximate surface area is 185 Å². The maximum Gasteiger partial charge on any atom is 0.228 e. The Morgan fingerprint density at radius 3 is 2.65 bits per heavy atom. The van der Waals surface area contributed by atoms with Gasteiger partial charge in [-0.1, -0.05) is 11.6 Å². The Morgan fingerprint density at radius 2 is 1.94 bits per heavy atom. The van der Waals surface area contributed by atoms with Gasteiger partial charge >= 0.3 is 0 Å². The van der Waals surface area contributed by atoms with Crippen LogP contribution < -0.4 is 5.32 Å². The molecule has 0 saturated heterocycles. The molecule has 160 valence electrons. The molecule has 2 fully saturated rings. The molecule has 1 atom stereocenters. The number of nitrogens with zero attached hydrogens (tertiary/aromatic N) is 1. The van der Waals surface area contributed by atoms with Crippen LogP contribution in [0.25, 0.3) is 10.9 Å². The van der Waals surface area contributed by atoms with Gasteiger partial charge in [0.05, 0.1) is 12.1 Å². The summed E-state index contributed by atoms with van der Waals surface area (Å²) in [4.78, 5) is 17.1. The first kappa shape index (κ1) is 20.4. The molecule has 1 amide bonds. The molecule has 2 saturated carbocycles. The van der Waals surface area contributed by atoms with E-state index in [4.69, 9.17) is 11.6 Å². The van der Waals surface area contributed by atoms with Crippen molar-refractivity contribution in [2.45, 2.75) is 44.6 Å². The molecule has 6 heteroatoms. The van der Waals surface area contributed by atoms with Gasteiger partial charge in [0.15, 0.2) is 0 Å². The highest BCUT2D eigenvalue weighted by molar-refractivity contribution is 6.30. The number of aliphatic hydroxyl groups excluding tert-OH is 1. The number of halogens is 2. The molecule has 4 nitrogen and oxygen atoms in total. The number of benzene rings is 2. The molecular formula is C25H24ClFN2O2. The smallest absolute Gasteiger partial charge is 0.228 e. The van der Waals surface area contributed by atoms with Crippen molar-refractivity contribution in [2.24, 2.45) is 11.3 Å². The second kappa shape index (κ2) is 7.88. The van der Waals surface area contributed by atoms with E-state index >= 15 is 0 Å². The summed E-state index contributed by atoms with van der Waals surface area (Å²) < 4.78 is 14.3. The van der Waals surface area contributed by atoms with Gasteiger partial charge in [-0.05, 0) is 91.5 Å². The molecule has 31 heavy (non-hydrogen) atoms. The average Bonchev–Trinajstić information content (AvgIpc) is 3.48. The normalized spacial score (nSPS) is 25.0. The fourth-order valence-electron chi connectivity index (χ4n) is 5.25. The number of hydrogen-bond acceptors (Lipinski definition) is 3. The molecule has 5 rings (SSSR count). The van der Waals surface area contributed by atoms with Crippen molar-refractivity contribution in [2.75, 3.05) is 5.32 Å². The van der Waals surface area contributed by atoms with Gasteiger partial charge in [-0.3, -0.25) is 9.78 Å². The number of nitrogens with one attached hydrogen (secondary N) is 1. The molecule has 3 aromatic rings. The highest BCUT2D eigenvalue weighted by Gasteiger charge is 2.58. The van der Waals surface area contributed by atoms with Crippen molar-refractivity contribution in [1.29, 1.82) is 0 Å². The van der Waals surface area contributed by atoms with Gasteiger partial charge in [-0.15, -0.1) is 0 Å². The first-order valence-corrected chi connectivity index (χ1v) is 11.1. The number of aliphatic hydroxyl groups is 1. The first-order valence-electron chi connectivity index (χ1n) is 10.7. The minimum atomic E-state index is -0.391. The Hall–Kier alpha value is -2.50. The van der Waals surface area contributed by atoms with Crippen molar-refractivity contribution >= 4 is 34.1 Å². The molecule has 1 unspecified atom stereocenters. The van der Waals surface area contributed by atoms with E-state index in [0.717, 1.165) is 54.3 Å². The SMILES string of the molecule is O=C(Nc1ccc(Cl)cc1)C1CC12CCC(c1ccnc3cc(CO)c(F)cc13)CC2. The second-order valence-electron chi connectivity index (χ2n) is 8.91. The van der Waals surface area contributed by atoms with Crippen LogP contribution in [0, 0.1) is 17.2 Å². The van der Waals surface area contributed by atoms with E-state index in [-0.39, 0.29) is 29.4 Å². The highest BCUT2D eigenvalue weighted by Crippen LogP contribution is 2.63. The number of hydrogen-bond donors (Lipinski definition) is 2. The third kappa shape index (κ3) is 3.81. The highest BCUT2D eigenvalue weighted by atomic mass is 35.5. The summed E-state index contributed by atoms with van der Waals surface area (Å²) in [5.74, 6) is 0.0883. The van der Waals surface area contributed by atoms with E-state index in [1.54, 1.807) is 24.4 Å². The summed E-state index contributed by atoms with van der Waals surface area (Å²) in [5.41, 5.74) is 2.98. The Kier molecular flexibility index (Phi) is 5.19. The quantitative estimate of drug-likeness (QED) is 0.539. The predicted molar refractivity (Wildman–Crippen MR) is 119 cm³/mol. The summed E-state index contributed by atoms with van der Waals surface area (Å²) >= 11 is 5.92. The number of carbonyl (C=O) groups is 1.